The summed E-state index contributed by atoms with van der Waals surface area (Å²) in [5, 5.41) is 3.64. The van der Waals surface area contributed by atoms with Crippen molar-refractivity contribution in [3.63, 3.8) is 0 Å². The predicted octanol–water partition coefficient (Wildman–Crippen LogP) is 6.30. The van der Waals surface area contributed by atoms with Gasteiger partial charge in [-0.2, -0.15) is 0 Å². The molecule has 41 heavy (non-hydrogen) atoms. The molecule has 0 saturated heterocycles. The van der Waals surface area contributed by atoms with Crippen LogP contribution in [0.25, 0.3) is 0 Å². The Morgan fingerprint density at radius 1 is 0.878 bits per heavy atom. The van der Waals surface area contributed by atoms with Crippen molar-refractivity contribution in [2.45, 2.75) is 59.0 Å². The van der Waals surface area contributed by atoms with Gasteiger partial charge in [0.25, 0.3) is 10.0 Å². The average Bonchev–Trinajstić information content (AvgIpc) is 2.90. The Bertz CT molecular complexity index is 1510. The summed E-state index contributed by atoms with van der Waals surface area (Å²) in [6.45, 7) is 11.0. The van der Waals surface area contributed by atoms with Crippen LogP contribution in [0, 0.1) is 26.7 Å². The van der Waals surface area contributed by atoms with Gasteiger partial charge in [-0.1, -0.05) is 78.5 Å². The van der Waals surface area contributed by atoms with Gasteiger partial charge in [0.1, 0.15) is 12.6 Å². The molecule has 1 N–H and O–H groups in total. The van der Waals surface area contributed by atoms with Crippen molar-refractivity contribution >= 4 is 50.7 Å². The summed E-state index contributed by atoms with van der Waals surface area (Å²) >= 11 is 12.5. The fourth-order valence-electron chi connectivity index (χ4n) is 4.30. The van der Waals surface area contributed by atoms with Crippen LogP contribution in [-0.2, 0) is 26.2 Å². The quantitative estimate of drug-likeness (QED) is 0.273. The summed E-state index contributed by atoms with van der Waals surface area (Å²) in [4.78, 5) is 28.6. The number of halogens is 2. The summed E-state index contributed by atoms with van der Waals surface area (Å²) in [7, 11) is -4.15. The number of amides is 2. The number of anilines is 1. The largest absolute Gasteiger partial charge is 0.354 e. The molecule has 0 unspecified atom stereocenters. The summed E-state index contributed by atoms with van der Waals surface area (Å²) < 4.78 is 29.1. The molecule has 2 amide bonds. The fourth-order valence-corrected chi connectivity index (χ4v) is 6.25. The minimum absolute atomic E-state index is 0.0175. The van der Waals surface area contributed by atoms with Crippen molar-refractivity contribution in [1.29, 1.82) is 0 Å². The van der Waals surface area contributed by atoms with E-state index in [4.69, 9.17) is 23.2 Å². The van der Waals surface area contributed by atoms with E-state index in [1.807, 2.05) is 33.8 Å². The minimum atomic E-state index is -4.15. The van der Waals surface area contributed by atoms with E-state index in [-0.39, 0.29) is 23.3 Å². The van der Waals surface area contributed by atoms with Crippen molar-refractivity contribution in [3.8, 4) is 0 Å². The van der Waals surface area contributed by atoms with Gasteiger partial charge in [-0.25, -0.2) is 8.42 Å². The van der Waals surface area contributed by atoms with Gasteiger partial charge >= 0.3 is 0 Å². The molecule has 10 heteroatoms. The minimum Gasteiger partial charge on any atom is -0.354 e. The third-order valence-corrected chi connectivity index (χ3v) is 9.08. The van der Waals surface area contributed by atoms with E-state index in [0.29, 0.717) is 33.4 Å². The number of aryl methyl sites for hydroxylation is 3. The fraction of sp³-hybridized carbons (Fsp3) is 0.355. The topological polar surface area (TPSA) is 86.8 Å². The van der Waals surface area contributed by atoms with Gasteiger partial charge in [0.15, 0.2) is 0 Å². The van der Waals surface area contributed by atoms with E-state index in [0.717, 1.165) is 15.4 Å². The lowest BCUT2D eigenvalue weighted by atomic mass is 10.1. The van der Waals surface area contributed by atoms with Crippen molar-refractivity contribution in [3.05, 3.63) is 93.0 Å². The number of carbonyl (C=O) groups excluding carboxylic acids is 2. The first-order valence-electron chi connectivity index (χ1n) is 13.4. The number of hydrogen-bond donors (Lipinski definition) is 1. The van der Waals surface area contributed by atoms with Gasteiger partial charge in [0.2, 0.25) is 11.8 Å². The maximum Gasteiger partial charge on any atom is 0.264 e. The maximum atomic E-state index is 14.1. The first-order valence-corrected chi connectivity index (χ1v) is 15.6. The predicted molar refractivity (Wildman–Crippen MR) is 166 cm³/mol. The van der Waals surface area contributed by atoms with Gasteiger partial charge in [0, 0.05) is 23.1 Å². The molecule has 1 atom stereocenters. The lowest BCUT2D eigenvalue weighted by molar-refractivity contribution is -0.139. The highest BCUT2D eigenvalue weighted by molar-refractivity contribution is 7.92. The monoisotopic (exact) mass is 617 g/mol. The summed E-state index contributed by atoms with van der Waals surface area (Å²) in [5.41, 5.74) is 3.52. The molecular weight excluding hydrogens is 581 g/mol. The molecule has 0 aromatic heterocycles. The standard InChI is InChI=1S/C31H37Cl2N3O4S/c1-20(2)17-34-31(38)24(6)35(18-25-10-11-26(32)16-28(25)33)30(37)19-36(29-14-9-22(4)15-23(29)5)41(39,40)27-12-7-21(3)8-13-27/h7-16,20,24H,17-19H2,1-6H3,(H,34,38)/t24-/m1/s1. The zero-order valence-corrected chi connectivity index (χ0v) is 26.6. The van der Waals surface area contributed by atoms with Crippen LogP contribution in [0.5, 0.6) is 0 Å². The summed E-state index contributed by atoms with van der Waals surface area (Å²) in [5.74, 6) is -0.698. The lowest BCUT2D eigenvalue weighted by Gasteiger charge is -2.32. The van der Waals surface area contributed by atoms with Crippen LogP contribution in [0.2, 0.25) is 10.0 Å². The maximum absolute atomic E-state index is 14.1. The van der Waals surface area contributed by atoms with E-state index in [1.165, 1.54) is 17.0 Å². The number of hydrogen-bond acceptors (Lipinski definition) is 4. The number of nitrogens with one attached hydrogen (secondary N) is 1. The summed E-state index contributed by atoms with van der Waals surface area (Å²) in [6, 6.07) is 15.8. The van der Waals surface area contributed by atoms with Gasteiger partial charge < -0.3 is 10.2 Å². The molecule has 3 aromatic carbocycles. The van der Waals surface area contributed by atoms with Crippen LogP contribution >= 0.6 is 23.2 Å². The Morgan fingerprint density at radius 2 is 1.51 bits per heavy atom. The van der Waals surface area contributed by atoms with Gasteiger partial charge in [-0.3, -0.25) is 13.9 Å². The molecule has 0 bridgehead atoms. The lowest BCUT2D eigenvalue weighted by Crippen LogP contribution is -2.51. The van der Waals surface area contributed by atoms with E-state index in [9.17, 15) is 18.0 Å². The Kier molecular flexibility index (Phi) is 10.9. The molecule has 3 rings (SSSR count). The molecular formula is C31H37Cl2N3O4S. The number of rotatable bonds is 11. The first kappa shape index (κ1) is 32.4. The molecule has 220 valence electrons. The van der Waals surface area contributed by atoms with Gasteiger partial charge in [-0.15, -0.1) is 0 Å². The van der Waals surface area contributed by atoms with Crippen molar-refractivity contribution in [2.24, 2.45) is 5.92 Å². The molecule has 7 nitrogen and oxygen atoms in total. The number of nitrogens with zero attached hydrogens (tertiary/aromatic N) is 2. The van der Waals surface area contributed by atoms with Crippen LogP contribution in [0.1, 0.15) is 43.0 Å². The molecule has 0 aliphatic carbocycles. The first-order chi connectivity index (χ1) is 19.2. The molecule has 0 aliphatic heterocycles. The number of benzene rings is 3. The molecule has 0 radical (unpaired) electrons. The van der Waals surface area contributed by atoms with E-state index >= 15 is 0 Å². The third kappa shape index (κ3) is 8.24. The van der Waals surface area contributed by atoms with Crippen LogP contribution in [0.3, 0.4) is 0 Å². The third-order valence-electron chi connectivity index (χ3n) is 6.72. The van der Waals surface area contributed by atoms with E-state index in [2.05, 4.69) is 5.32 Å². The van der Waals surface area contributed by atoms with Crippen molar-refractivity contribution in [2.75, 3.05) is 17.4 Å². The van der Waals surface area contributed by atoms with E-state index < -0.39 is 28.5 Å². The highest BCUT2D eigenvalue weighted by atomic mass is 35.5. The van der Waals surface area contributed by atoms with Crippen LogP contribution in [0.4, 0.5) is 5.69 Å². The Morgan fingerprint density at radius 3 is 2.10 bits per heavy atom. The smallest absolute Gasteiger partial charge is 0.264 e. The second-order valence-electron chi connectivity index (χ2n) is 10.7. The number of carbonyl (C=O) groups is 2. The van der Waals surface area contributed by atoms with Crippen LogP contribution < -0.4 is 9.62 Å². The molecule has 0 saturated carbocycles. The van der Waals surface area contributed by atoms with E-state index in [1.54, 1.807) is 56.3 Å². The average molecular weight is 619 g/mol. The van der Waals surface area contributed by atoms with Gasteiger partial charge in [-0.05, 0) is 75.1 Å². The Hall–Kier alpha value is -3.07. The zero-order valence-electron chi connectivity index (χ0n) is 24.2. The molecule has 0 fully saturated rings. The molecule has 0 heterocycles. The highest BCUT2D eigenvalue weighted by Gasteiger charge is 2.33. The Labute approximate surface area is 253 Å². The molecule has 3 aromatic rings. The highest BCUT2D eigenvalue weighted by Crippen LogP contribution is 2.29. The zero-order chi connectivity index (χ0) is 30.5. The normalized spacial score (nSPS) is 12.2. The van der Waals surface area contributed by atoms with Gasteiger partial charge in [0.05, 0.1) is 10.6 Å². The SMILES string of the molecule is Cc1ccc(S(=O)(=O)N(CC(=O)N(Cc2ccc(Cl)cc2Cl)[C@H](C)C(=O)NCC(C)C)c2ccc(C)cc2C)cc1. The second-order valence-corrected chi connectivity index (χ2v) is 13.4. The Balaban J connectivity index is 2.07. The molecule has 0 aliphatic rings. The van der Waals surface area contributed by atoms with Crippen LogP contribution in [-0.4, -0.2) is 44.3 Å². The van der Waals surface area contributed by atoms with Crippen molar-refractivity contribution in [1.82, 2.24) is 10.2 Å². The van der Waals surface area contributed by atoms with Crippen molar-refractivity contribution < 1.29 is 18.0 Å². The summed E-state index contributed by atoms with van der Waals surface area (Å²) in [6.07, 6.45) is 0. The molecule has 0 spiro atoms. The van der Waals surface area contributed by atoms with Crippen LogP contribution in [0.15, 0.2) is 65.6 Å². The second kappa shape index (κ2) is 13.7. The number of sulfonamides is 1.